The molecule has 5 nitrogen and oxygen atoms in total. The summed E-state index contributed by atoms with van der Waals surface area (Å²) in [4.78, 5) is 2.53. The summed E-state index contributed by atoms with van der Waals surface area (Å²) in [5.41, 5.74) is 3.18. The lowest BCUT2D eigenvalue weighted by molar-refractivity contribution is 0.174. The normalized spacial score (nSPS) is 17.8. The molecule has 0 aliphatic carbocycles. The van der Waals surface area contributed by atoms with Gasteiger partial charge in [0.1, 0.15) is 11.5 Å². The Labute approximate surface area is 146 Å². The molecule has 0 N–H and O–H groups in total. The Morgan fingerprint density at radius 2 is 2.17 bits per heavy atom. The van der Waals surface area contributed by atoms with E-state index in [-0.39, 0.29) is 6.79 Å². The van der Waals surface area contributed by atoms with Gasteiger partial charge in [-0.05, 0) is 43.6 Å². The summed E-state index contributed by atoms with van der Waals surface area (Å²) in [6.07, 6.45) is 4.30. The molecule has 0 spiro atoms. The number of fused-ring (bicyclic) bond motifs is 2. The molecule has 0 radical (unpaired) electrons. The van der Waals surface area contributed by atoms with Gasteiger partial charge in [0.05, 0.1) is 0 Å². The van der Waals surface area contributed by atoms with E-state index >= 15 is 0 Å². The molecular weight excluding hydrogens is 324 g/mol. The zero-order valence-electron chi connectivity index (χ0n) is 14.1. The summed E-state index contributed by atoms with van der Waals surface area (Å²) in [6, 6.07) is 6.55. The summed E-state index contributed by atoms with van der Waals surface area (Å²) in [7, 11) is 0. The third-order valence-corrected chi connectivity index (χ3v) is 5.51. The molecule has 0 bridgehead atoms. The Kier molecular flexibility index (Phi) is 4.41. The van der Waals surface area contributed by atoms with E-state index in [2.05, 4.69) is 23.2 Å². The fourth-order valence-electron chi connectivity index (χ4n) is 3.35. The van der Waals surface area contributed by atoms with Crippen LogP contribution in [0.5, 0.6) is 11.5 Å². The van der Waals surface area contributed by atoms with Crippen molar-refractivity contribution in [2.75, 3.05) is 25.3 Å². The van der Waals surface area contributed by atoms with Crippen molar-refractivity contribution in [1.29, 1.82) is 0 Å². The third kappa shape index (κ3) is 2.89. The minimum Gasteiger partial charge on any atom is -0.454 e. The van der Waals surface area contributed by atoms with E-state index in [0.29, 0.717) is 6.04 Å². The van der Waals surface area contributed by atoms with E-state index < -0.39 is 0 Å². The maximum atomic E-state index is 5.62. The highest BCUT2D eigenvalue weighted by Crippen LogP contribution is 2.38. The predicted octanol–water partition coefficient (Wildman–Crippen LogP) is 3.57. The van der Waals surface area contributed by atoms with Crippen molar-refractivity contribution in [3.63, 3.8) is 0 Å². The van der Waals surface area contributed by atoms with Gasteiger partial charge in [0.2, 0.25) is 6.79 Å². The number of nitrogens with zero attached hydrogens (tertiary/aromatic N) is 2. The minimum atomic E-state index is 0.288. The quantitative estimate of drug-likeness (QED) is 0.825. The van der Waals surface area contributed by atoms with Crippen LogP contribution in [0.25, 0.3) is 11.3 Å². The number of ether oxygens (including phenoxy) is 2. The third-order valence-electron chi connectivity index (χ3n) is 4.87. The molecule has 1 aromatic carbocycles. The van der Waals surface area contributed by atoms with Crippen molar-refractivity contribution in [1.82, 2.24) is 10.1 Å². The summed E-state index contributed by atoms with van der Waals surface area (Å²) in [5, 5.41) is 4.35. The van der Waals surface area contributed by atoms with Crippen molar-refractivity contribution in [3.8, 4) is 22.8 Å². The van der Waals surface area contributed by atoms with Gasteiger partial charge in [-0.3, -0.25) is 4.90 Å². The monoisotopic (exact) mass is 346 g/mol. The first-order valence-corrected chi connectivity index (χ1v) is 9.76. The smallest absolute Gasteiger partial charge is 0.231 e. The summed E-state index contributed by atoms with van der Waals surface area (Å²) >= 11 is 1.91. The van der Waals surface area contributed by atoms with Crippen LogP contribution in [0.2, 0.25) is 0 Å². The largest absolute Gasteiger partial charge is 0.454 e. The molecule has 0 saturated heterocycles. The van der Waals surface area contributed by atoms with Crippen LogP contribution in [-0.4, -0.2) is 41.4 Å². The fraction of sp³-hybridized carbons (Fsp3) is 0.500. The molecule has 24 heavy (non-hydrogen) atoms. The van der Waals surface area contributed by atoms with Crippen molar-refractivity contribution >= 4 is 11.8 Å². The second kappa shape index (κ2) is 6.69. The SMILES string of the molecule is CSCC[C@@H](C)N1CCc2onc(-c3ccc4c(c3)OCO4)c2C1. The standard InChI is InChI=1S/C18H22N2O3S/c1-12(6-8-24-2)20-7-5-15-14(10-20)18(19-23-15)13-3-4-16-17(9-13)22-11-21-16/h3-4,9,12H,5-8,10-11H2,1-2H3/t12-/m1/s1. The predicted molar refractivity (Wildman–Crippen MR) is 94.6 cm³/mol. The van der Waals surface area contributed by atoms with Gasteiger partial charge in [-0.15, -0.1) is 0 Å². The van der Waals surface area contributed by atoms with E-state index in [9.17, 15) is 0 Å². The van der Waals surface area contributed by atoms with Crippen molar-refractivity contribution in [3.05, 3.63) is 29.5 Å². The highest BCUT2D eigenvalue weighted by molar-refractivity contribution is 7.98. The number of aromatic nitrogens is 1. The van der Waals surface area contributed by atoms with Crippen LogP contribution in [0.1, 0.15) is 24.7 Å². The van der Waals surface area contributed by atoms with Gasteiger partial charge in [-0.25, -0.2) is 0 Å². The van der Waals surface area contributed by atoms with Crippen LogP contribution >= 0.6 is 11.8 Å². The second-order valence-corrected chi connectivity index (χ2v) is 7.34. The van der Waals surface area contributed by atoms with Crippen LogP contribution in [0, 0.1) is 0 Å². The molecule has 3 heterocycles. The molecule has 2 aliphatic rings. The van der Waals surface area contributed by atoms with E-state index in [1.807, 2.05) is 30.0 Å². The first kappa shape index (κ1) is 15.8. The molecule has 1 atom stereocenters. The number of hydrogen-bond donors (Lipinski definition) is 0. The Balaban J connectivity index is 1.58. The Hall–Kier alpha value is -1.66. The van der Waals surface area contributed by atoms with Gasteiger partial charge in [0, 0.05) is 36.7 Å². The summed E-state index contributed by atoms with van der Waals surface area (Å²) in [5.74, 6) is 3.80. The molecule has 0 unspecified atom stereocenters. The molecule has 2 aliphatic heterocycles. The Morgan fingerprint density at radius 3 is 3.04 bits per heavy atom. The van der Waals surface area contributed by atoms with Crippen molar-refractivity contribution in [2.45, 2.75) is 32.4 Å². The van der Waals surface area contributed by atoms with Gasteiger partial charge >= 0.3 is 0 Å². The molecule has 2 aromatic rings. The number of hydrogen-bond acceptors (Lipinski definition) is 6. The lowest BCUT2D eigenvalue weighted by atomic mass is 9.99. The minimum absolute atomic E-state index is 0.288. The first-order chi connectivity index (χ1) is 11.8. The van der Waals surface area contributed by atoms with Crippen LogP contribution in [0.4, 0.5) is 0 Å². The van der Waals surface area contributed by atoms with Crippen LogP contribution in [0.3, 0.4) is 0 Å². The average molecular weight is 346 g/mol. The van der Waals surface area contributed by atoms with Gasteiger partial charge in [0.25, 0.3) is 0 Å². The van der Waals surface area contributed by atoms with Crippen molar-refractivity contribution < 1.29 is 14.0 Å². The first-order valence-electron chi connectivity index (χ1n) is 8.36. The lowest BCUT2D eigenvalue weighted by Crippen LogP contribution is -2.37. The summed E-state index contributed by atoms with van der Waals surface area (Å²) < 4.78 is 16.5. The molecule has 1 aromatic heterocycles. The fourth-order valence-corrected chi connectivity index (χ4v) is 3.92. The second-order valence-electron chi connectivity index (χ2n) is 6.35. The van der Waals surface area contributed by atoms with E-state index in [1.165, 1.54) is 17.7 Å². The molecule has 0 fully saturated rings. The molecule has 0 amide bonds. The highest BCUT2D eigenvalue weighted by atomic mass is 32.2. The van der Waals surface area contributed by atoms with E-state index in [1.54, 1.807) is 0 Å². The van der Waals surface area contributed by atoms with Gasteiger partial charge < -0.3 is 14.0 Å². The van der Waals surface area contributed by atoms with Crippen LogP contribution in [-0.2, 0) is 13.0 Å². The summed E-state index contributed by atoms with van der Waals surface area (Å²) in [6.45, 7) is 4.54. The lowest BCUT2D eigenvalue weighted by Gasteiger charge is -2.31. The zero-order chi connectivity index (χ0) is 16.5. The van der Waals surface area contributed by atoms with Crippen molar-refractivity contribution in [2.24, 2.45) is 0 Å². The van der Waals surface area contributed by atoms with E-state index in [0.717, 1.165) is 48.0 Å². The van der Waals surface area contributed by atoms with Gasteiger partial charge in [-0.1, -0.05) is 5.16 Å². The molecule has 6 heteroatoms. The molecular formula is C18H22N2O3S. The van der Waals surface area contributed by atoms with Crippen LogP contribution in [0.15, 0.2) is 22.7 Å². The number of rotatable bonds is 5. The maximum absolute atomic E-state index is 5.62. The van der Waals surface area contributed by atoms with E-state index in [4.69, 9.17) is 14.0 Å². The van der Waals surface area contributed by atoms with Gasteiger partial charge in [-0.2, -0.15) is 11.8 Å². The molecule has 0 saturated carbocycles. The number of benzene rings is 1. The number of thioether (sulfide) groups is 1. The van der Waals surface area contributed by atoms with Gasteiger partial charge in [0.15, 0.2) is 11.5 Å². The zero-order valence-corrected chi connectivity index (χ0v) is 14.9. The highest BCUT2D eigenvalue weighted by Gasteiger charge is 2.28. The average Bonchev–Trinajstić information content (AvgIpc) is 3.24. The Morgan fingerprint density at radius 1 is 1.29 bits per heavy atom. The molecule has 4 rings (SSSR count). The maximum Gasteiger partial charge on any atom is 0.231 e. The topological polar surface area (TPSA) is 47.7 Å². The Bertz CT molecular complexity index is 731. The molecule has 128 valence electrons. The van der Waals surface area contributed by atoms with Crippen LogP contribution < -0.4 is 9.47 Å².